The van der Waals surface area contributed by atoms with Crippen molar-refractivity contribution in [3.05, 3.63) is 0 Å². The van der Waals surface area contributed by atoms with Gasteiger partial charge in [-0.15, -0.1) is 0 Å². The van der Waals surface area contributed by atoms with Gasteiger partial charge in [0.2, 0.25) is 0 Å². The smallest absolute Gasteiger partial charge is 0.0156 e. The lowest BCUT2D eigenvalue weighted by molar-refractivity contribution is 0.108. The quantitative estimate of drug-likeness (QED) is 0.459. The normalized spacial score (nSPS) is 32.7. The second-order valence-electron chi connectivity index (χ2n) is 9.80. The predicted molar refractivity (Wildman–Crippen MR) is 119 cm³/mol. The van der Waals surface area contributed by atoms with E-state index in [9.17, 15) is 0 Å². The molecule has 0 spiro atoms. The topological polar surface area (TPSA) is 12.0 Å². The minimum Gasteiger partial charge on any atom is -0.308 e. The van der Waals surface area contributed by atoms with Crippen molar-refractivity contribution in [2.24, 2.45) is 23.7 Å². The number of hydrogen-bond acceptors (Lipinski definition) is 1. The van der Waals surface area contributed by atoms with Crippen LogP contribution in [-0.4, -0.2) is 11.6 Å². The van der Waals surface area contributed by atoms with E-state index >= 15 is 0 Å². The van der Waals surface area contributed by atoms with E-state index < -0.39 is 0 Å². The molecule has 2 rings (SSSR count). The molecule has 0 aromatic heterocycles. The summed E-state index contributed by atoms with van der Waals surface area (Å²) in [5, 5.41) is 4.18. The summed E-state index contributed by atoms with van der Waals surface area (Å²) in [6, 6.07) is 0.772. The molecule has 0 aliphatic heterocycles. The molecule has 0 aromatic carbocycles. The van der Waals surface area contributed by atoms with E-state index in [1.165, 1.54) is 77.0 Å². The van der Waals surface area contributed by atoms with Gasteiger partial charge in [-0.05, 0) is 76.0 Å². The summed E-state index contributed by atoms with van der Waals surface area (Å²) in [7, 11) is 0. The van der Waals surface area contributed by atoms with Gasteiger partial charge in [0, 0.05) is 11.6 Å². The maximum atomic E-state index is 4.18. The summed E-state index contributed by atoms with van der Waals surface area (Å²) in [5.41, 5.74) is 0.326. The molecule has 2 aliphatic carbocycles. The van der Waals surface area contributed by atoms with E-state index in [0.717, 1.165) is 29.7 Å². The highest BCUT2D eigenvalue weighted by Crippen LogP contribution is 2.39. The minimum atomic E-state index is 0.326. The Balaban J connectivity index is 0.00000163. The van der Waals surface area contributed by atoms with Crippen molar-refractivity contribution >= 4 is 0 Å². The fourth-order valence-electron chi connectivity index (χ4n) is 5.64. The second kappa shape index (κ2) is 12.4. The number of hydrogen-bond donors (Lipinski definition) is 1. The molecule has 0 radical (unpaired) electrons. The van der Waals surface area contributed by atoms with E-state index in [4.69, 9.17) is 0 Å². The fourth-order valence-corrected chi connectivity index (χ4v) is 5.64. The zero-order valence-corrected chi connectivity index (χ0v) is 19.4. The highest BCUT2D eigenvalue weighted by atomic mass is 15.0. The van der Waals surface area contributed by atoms with Crippen LogP contribution in [0, 0.1) is 23.7 Å². The first kappa shape index (κ1) is 24.0. The van der Waals surface area contributed by atoms with Crippen LogP contribution >= 0.6 is 0 Å². The van der Waals surface area contributed by atoms with Gasteiger partial charge in [0.15, 0.2) is 0 Å². The van der Waals surface area contributed by atoms with Gasteiger partial charge in [-0.1, -0.05) is 73.1 Å². The van der Waals surface area contributed by atoms with E-state index in [-0.39, 0.29) is 0 Å². The molecule has 1 nitrogen and oxygen atoms in total. The summed E-state index contributed by atoms with van der Waals surface area (Å²) < 4.78 is 0. The summed E-state index contributed by atoms with van der Waals surface area (Å²) in [5.74, 6) is 3.77. The van der Waals surface area contributed by atoms with Crippen LogP contribution in [0.1, 0.15) is 126 Å². The second-order valence-corrected chi connectivity index (χ2v) is 9.80. The minimum absolute atomic E-state index is 0.326. The SMILES string of the molecule is CC.CCCCC1CCC(C(C)(C)NC2CCC(C)CC2CCC)CC1. The maximum Gasteiger partial charge on any atom is 0.0156 e. The van der Waals surface area contributed by atoms with E-state index in [0.29, 0.717) is 5.54 Å². The molecule has 0 heterocycles. The third-order valence-corrected chi connectivity index (χ3v) is 7.29. The van der Waals surface area contributed by atoms with Crippen molar-refractivity contribution < 1.29 is 0 Å². The van der Waals surface area contributed by atoms with Crippen LogP contribution in [0.25, 0.3) is 0 Å². The lowest BCUT2D eigenvalue weighted by atomic mass is 9.70. The predicted octanol–water partition coefficient (Wildman–Crippen LogP) is 7.98. The van der Waals surface area contributed by atoms with Crippen molar-refractivity contribution in [2.45, 2.75) is 137 Å². The summed E-state index contributed by atoms with van der Waals surface area (Å²) in [4.78, 5) is 0. The third kappa shape index (κ3) is 7.53. The van der Waals surface area contributed by atoms with Crippen LogP contribution in [0.2, 0.25) is 0 Å². The molecule has 0 amide bonds. The Labute approximate surface area is 166 Å². The average molecular weight is 366 g/mol. The summed E-state index contributed by atoms with van der Waals surface area (Å²) in [6.45, 7) is 16.2. The first-order chi connectivity index (χ1) is 12.5. The molecule has 1 heteroatoms. The molecule has 0 saturated heterocycles. The van der Waals surface area contributed by atoms with Crippen LogP contribution in [0.15, 0.2) is 0 Å². The molecule has 3 atom stereocenters. The van der Waals surface area contributed by atoms with Crippen LogP contribution in [0.3, 0.4) is 0 Å². The van der Waals surface area contributed by atoms with Crippen molar-refractivity contribution in [1.29, 1.82) is 0 Å². The van der Waals surface area contributed by atoms with E-state index in [1.807, 2.05) is 13.8 Å². The van der Waals surface area contributed by atoms with E-state index in [2.05, 4.69) is 39.9 Å². The summed E-state index contributed by atoms with van der Waals surface area (Å²) in [6.07, 6.45) is 17.2. The molecule has 3 unspecified atom stereocenters. The molecule has 2 saturated carbocycles. The van der Waals surface area contributed by atoms with Crippen molar-refractivity contribution in [1.82, 2.24) is 5.32 Å². The monoisotopic (exact) mass is 365 g/mol. The molecule has 0 aromatic rings. The third-order valence-electron chi connectivity index (χ3n) is 7.29. The van der Waals surface area contributed by atoms with Gasteiger partial charge in [-0.3, -0.25) is 0 Å². The fraction of sp³-hybridized carbons (Fsp3) is 1.00. The number of unbranched alkanes of at least 4 members (excludes halogenated alkanes) is 1. The largest absolute Gasteiger partial charge is 0.308 e. The molecule has 26 heavy (non-hydrogen) atoms. The first-order valence-corrected chi connectivity index (χ1v) is 12.2. The van der Waals surface area contributed by atoms with Gasteiger partial charge in [-0.25, -0.2) is 0 Å². The van der Waals surface area contributed by atoms with Crippen molar-refractivity contribution in [2.75, 3.05) is 0 Å². The number of nitrogens with one attached hydrogen (secondary N) is 1. The first-order valence-electron chi connectivity index (χ1n) is 12.2. The van der Waals surface area contributed by atoms with Crippen LogP contribution in [0.5, 0.6) is 0 Å². The van der Waals surface area contributed by atoms with Crippen LogP contribution in [-0.2, 0) is 0 Å². The van der Waals surface area contributed by atoms with Crippen molar-refractivity contribution in [3.63, 3.8) is 0 Å². The summed E-state index contributed by atoms with van der Waals surface area (Å²) >= 11 is 0. The van der Waals surface area contributed by atoms with E-state index in [1.54, 1.807) is 0 Å². The molecule has 2 aliphatic rings. The zero-order valence-electron chi connectivity index (χ0n) is 19.4. The molecule has 0 bridgehead atoms. The molecule has 156 valence electrons. The Morgan fingerprint density at radius 1 is 0.846 bits per heavy atom. The van der Waals surface area contributed by atoms with Gasteiger partial charge in [-0.2, -0.15) is 0 Å². The maximum absolute atomic E-state index is 4.18. The van der Waals surface area contributed by atoms with Crippen LogP contribution in [0.4, 0.5) is 0 Å². The molecular weight excluding hydrogens is 314 g/mol. The van der Waals surface area contributed by atoms with Crippen molar-refractivity contribution in [3.8, 4) is 0 Å². The molecule has 2 fully saturated rings. The lowest BCUT2D eigenvalue weighted by Gasteiger charge is -2.46. The highest BCUT2D eigenvalue weighted by Gasteiger charge is 2.37. The Morgan fingerprint density at radius 3 is 2.08 bits per heavy atom. The molecule has 1 N–H and O–H groups in total. The Hall–Kier alpha value is -0.0400. The standard InChI is InChI=1S/C23H45N.C2H6/c1-6-8-10-19-12-14-21(15-13-19)23(4,5)24-22-16-11-18(3)17-20(22)9-7-2;1-2/h18-22,24H,6-17H2,1-5H3;1-2H3. The van der Waals surface area contributed by atoms with Gasteiger partial charge < -0.3 is 5.32 Å². The van der Waals surface area contributed by atoms with Gasteiger partial charge >= 0.3 is 0 Å². The average Bonchev–Trinajstić information content (AvgIpc) is 2.64. The van der Waals surface area contributed by atoms with Crippen LogP contribution < -0.4 is 5.32 Å². The lowest BCUT2D eigenvalue weighted by Crippen LogP contribution is -2.55. The van der Waals surface area contributed by atoms with Gasteiger partial charge in [0.1, 0.15) is 0 Å². The zero-order chi connectivity index (χ0) is 19.6. The Bertz CT molecular complexity index is 340. The highest BCUT2D eigenvalue weighted by molar-refractivity contribution is 4.94. The Morgan fingerprint density at radius 2 is 1.50 bits per heavy atom. The molecular formula is C25H51N. The van der Waals surface area contributed by atoms with Gasteiger partial charge in [0.05, 0.1) is 0 Å². The number of rotatable bonds is 8. The van der Waals surface area contributed by atoms with Gasteiger partial charge in [0.25, 0.3) is 0 Å². The Kier molecular flexibility index (Phi) is 11.5.